The molecule has 8 nitrogen and oxygen atoms in total. The van der Waals surface area contributed by atoms with E-state index in [9.17, 15) is 14.9 Å². The number of aromatic nitrogens is 3. The third kappa shape index (κ3) is 4.20. The molecule has 9 heteroatoms. The van der Waals surface area contributed by atoms with Crippen molar-refractivity contribution in [2.24, 2.45) is 7.05 Å². The fourth-order valence-corrected chi connectivity index (χ4v) is 3.61. The summed E-state index contributed by atoms with van der Waals surface area (Å²) in [5.74, 6) is 0.201. The van der Waals surface area contributed by atoms with Gasteiger partial charge < -0.3 is 9.30 Å². The van der Waals surface area contributed by atoms with Crippen LogP contribution in [-0.4, -0.2) is 32.3 Å². The maximum atomic E-state index is 12.5. The van der Waals surface area contributed by atoms with Crippen LogP contribution in [0.2, 0.25) is 0 Å². The van der Waals surface area contributed by atoms with Gasteiger partial charge in [-0.05, 0) is 24.6 Å². The fourth-order valence-electron chi connectivity index (χ4n) is 2.60. The Bertz CT molecular complexity index is 973. The molecule has 1 heterocycles. The summed E-state index contributed by atoms with van der Waals surface area (Å²) in [4.78, 5) is 22.8. The second-order valence-electron chi connectivity index (χ2n) is 5.83. The van der Waals surface area contributed by atoms with Crippen LogP contribution in [0.25, 0.3) is 11.4 Å². The van der Waals surface area contributed by atoms with Gasteiger partial charge in [-0.15, -0.1) is 10.2 Å². The molecule has 1 aromatic heterocycles. The molecule has 0 bridgehead atoms. The van der Waals surface area contributed by atoms with E-state index < -0.39 is 10.2 Å². The Kier molecular flexibility index (Phi) is 6.05. The van der Waals surface area contributed by atoms with Crippen LogP contribution in [0.5, 0.6) is 0 Å². The number of rotatable bonds is 7. The Morgan fingerprint density at radius 2 is 1.86 bits per heavy atom. The molecule has 144 valence electrons. The third-order valence-electron chi connectivity index (χ3n) is 4.00. The summed E-state index contributed by atoms with van der Waals surface area (Å²) in [5, 5.41) is 19.2. The van der Waals surface area contributed by atoms with Gasteiger partial charge in [-0.3, -0.25) is 14.9 Å². The third-order valence-corrected chi connectivity index (χ3v) is 5.26. The van der Waals surface area contributed by atoms with Crippen molar-refractivity contribution in [1.29, 1.82) is 0 Å². The van der Waals surface area contributed by atoms with E-state index in [0.29, 0.717) is 16.5 Å². The van der Waals surface area contributed by atoms with Crippen LogP contribution in [0.4, 0.5) is 5.69 Å². The van der Waals surface area contributed by atoms with Crippen LogP contribution in [0.15, 0.2) is 59.8 Å². The highest BCUT2D eigenvalue weighted by Crippen LogP contribution is 2.36. The van der Waals surface area contributed by atoms with Gasteiger partial charge in [0.2, 0.25) is 0 Å². The second kappa shape index (κ2) is 8.66. The number of nitrogens with zero attached hydrogens (tertiary/aromatic N) is 4. The van der Waals surface area contributed by atoms with Crippen molar-refractivity contribution in [3.05, 3.63) is 70.3 Å². The minimum atomic E-state index is -0.575. The van der Waals surface area contributed by atoms with Gasteiger partial charge in [-0.25, -0.2) is 0 Å². The molecule has 28 heavy (non-hydrogen) atoms. The molecule has 0 spiro atoms. The minimum absolute atomic E-state index is 0.00645. The van der Waals surface area contributed by atoms with Crippen LogP contribution in [0.1, 0.15) is 17.7 Å². The van der Waals surface area contributed by atoms with E-state index in [1.807, 2.05) is 30.3 Å². The van der Waals surface area contributed by atoms with E-state index in [1.165, 1.54) is 23.9 Å². The van der Waals surface area contributed by atoms with Crippen molar-refractivity contribution in [1.82, 2.24) is 14.8 Å². The van der Waals surface area contributed by atoms with Gasteiger partial charge in [0.15, 0.2) is 11.0 Å². The van der Waals surface area contributed by atoms with E-state index in [-0.39, 0.29) is 18.3 Å². The number of hydrogen-bond donors (Lipinski definition) is 0. The van der Waals surface area contributed by atoms with E-state index >= 15 is 0 Å². The number of hydrogen-bond acceptors (Lipinski definition) is 7. The summed E-state index contributed by atoms with van der Waals surface area (Å²) >= 11 is 1.25. The Hall–Kier alpha value is -3.20. The molecule has 0 fully saturated rings. The molecule has 0 aliphatic carbocycles. The summed E-state index contributed by atoms with van der Waals surface area (Å²) in [6.45, 7) is 2.05. The lowest BCUT2D eigenvalue weighted by Crippen LogP contribution is -2.14. The lowest BCUT2D eigenvalue weighted by molar-refractivity contribution is -0.384. The van der Waals surface area contributed by atoms with Crippen molar-refractivity contribution < 1.29 is 14.5 Å². The Morgan fingerprint density at radius 3 is 2.46 bits per heavy atom. The van der Waals surface area contributed by atoms with Gasteiger partial charge >= 0.3 is 5.97 Å². The second-order valence-corrected chi connectivity index (χ2v) is 6.90. The monoisotopic (exact) mass is 398 g/mol. The lowest BCUT2D eigenvalue weighted by atomic mass is 10.1. The van der Waals surface area contributed by atoms with E-state index in [2.05, 4.69) is 10.2 Å². The van der Waals surface area contributed by atoms with Crippen molar-refractivity contribution in [3.8, 4) is 11.4 Å². The summed E-state index contributed by atoms with van der Waals surface area (Å²) in [6.07, 6.45) is 0. The average molecular weight is 398 g/mol. The number of carbonyl (C=O) groups excluding carboxylic acids is 1. The van der Waals surface area contributed by atoms with Gasteiger partial charge in [0, 0.05) is 24.7 Å². The predicted molar refractivity (Wildman–Crippen MR) is 105 cm³/mol. The Labute approximate surface area is 165 Å². The quantitative estimate of drug-likeness (QED) is 0.258. The van der Waals surface area contributed by atoms with Gasteiger partial charge in [-0.2, -0.15) is 0 Å². The summed E-state index contributed by atoms with van der Waals surface area (Å²) in [5.41, 5.74) is 1.51. The lowest BCUT2D eigenvalue weighted by Gasteiger charge is -2.15. The maximum Gasteiger partial charge on any atom is 0.324 e. The number of nitro benzene ring substituents is 1. The van der Waals surface area contributed by atoms with E-state index in [0.717, 1.165) is 5.56 Å². The molecule has 1 atom stereocenters. The van der Waals surface area contributed by atoms with Gasteiger partial charge in [0.25, 0.3) is 5.69 Å². The van der Waals surface area contributed by atoms with Gasteiger partial charge in [0.1, 0.15) is 5.25 Å². The highest BCUT2D eigenvalue weighted by atomic mass is 32.2. The van der Waals surface area contributed by atoms with Gasteiger partial charge in [-0.1, -0.05) is 42.1 Å². The topological polar surface area (TPSA) is 100 Å². The first-order valence-corrected chi connectivity index (χ1v) is 9.41. The first kappa shape index (κ1) is 19.6. The number of nitro groups is 1. The smallest absolute Gasteiger partial charge is 0.324 e. The molecule has 1 unspecified atom stereocenters. The molecule has 3 aromatic rings. The molecule has 0 aliphatic heterocycles. The summed E-state index contributed by atoms with van der Waals surface area (Å²) in [6, 6.07) is 15.4. The maximum absolute atomic E-state index is 12.5. The first-order chi connectivity index (χ1) is 13.5. The van der Waals surface area contributed by atoms with Crippen molar-refractivity contribution in [2.45, 2.75) is 17.3 Å². The van der Waals surface area contributed by atoms with Crippen molar-refractivity contribution in [2.75, 3.05) is 6.61 Å². The number of benzene rings is 2. The fraction of sp³-hybridized carbons (Fsp3) is 0.211. The largest absolute Gasteiger partial charge is 0.465 e. The van der Waals surface area contributed by atoms with Gasteiger partial charge in [0.05, 0.1) is 11.5 Å². The molecule has 0 saturated heterocycles. The molecule has 3 rings (SSSR count). The standard InChI is InChI=1S/C19H18N4O4S/c1-3-27-18(24)16(13-7-5-4-6-8-13)28-19-21-20-17(22(19)2)14-9-11-15(12-10-14)23(25)26/h4-12,16H,3H2,1-2H3. The Balaban J connectivity index is 1.89. The van der Waals surface area contributed by atoms with Crippen LogP contribution in [0, 0.1) is 10.1 Å². The zero-order chi connectivity index (χ0) is 20.1. The van der Waals surface area contributed by atoms with Crippen LogP contribution in [0.3, 0.4) is 0 Å². The zero-order valence-corrected chi connectivity index (χ0v) is 16.1. The molecule has 0 saturated carbocycles. The molecule has 0 radical (unpaired) electrons. The average Bonchev–Trinajstić information content (AvgIpc) is 3.07. The number of non-ortho nitro benzene ring substituents is 1. The molecule has 0 N–H and O–H groups in total. The minimum Gasteiger partial charge on any atom is -0.465 e. The van der Waals surface area contributed by atoms with Crippen molar-refractivity contribution >= 4 is 23.4 Å². The van der Waals surface area contributed by atoms with Crippen LogP contribution < -0.4 is 0 Å². The number of esters is 1. The number of carbonyl (C=O) groups is 1. The SMILES string of the molecule is CCOC(=O)C(Sc1nnc(-c2ccc([N+](=O)[O-])cc2)n1C)c1ccccc1. The highest BCUT2D eigenvalue weighted by molar-refractivity contribution is 8.00. The highest BCUT2D eigenvalue weighted by Gasteiger charge is 2.26. The summed E-state index contributed by atoms with van der Waals surface area (Å²) < 4.78 is 6.97. The molecule has 0 aliphatic rings. The van der Waals surface area contributed by atoms with Crippen LogP contribution >= 0.6 is 11.8 Å². The van der Waals surface area contributed by atoms with Crippen molar-refractivity contribution in [3.63, 3.8) is 0 Å². The molecule has 0 amide bonds. The normalized spacial score (nSPS) is 11.8. The molecular formula is C19H18N4O4S. The molecule has 2 aromatic carbocycles. The van der Waals surface area contributed by atoms with Crippen LogP contribution in [-0.2, 0) is 16.6 Å². The van der Waals surface area contributed by atoms with E-state index in [4.69, 9.17) is 4.74 Å². The van der Waals surface area contributed by atoms with E-state index in [1.54, 1.807) is 30.7 Å². The zero-order valence-electron chi connectivity index (χ0n) is 15.3. The number of ether oxygens (including phenoxy) is 1. The Morgan fingerprint density at radius 1 is 1.18 bits per heavy atom. The summed E-state index contributed by atoms with van der Waals surface area (Å²) in [7, 11) is 1.78. The predicted octanol–water partition coefficient (Wildman–Crippen LogP) is 3.79. The number of thioether (sulfide) groups is 1. The first-order valence-electron chi connectivity index (χ1n) is 8.53. The molecular weight excluding hydrogens is 380 g/mol.